The molecule has 1 aromatic rings. The lowest BCUT2D eigenvalue weighted by Gasteiger charge is -2.14. The number of rotatable bonds is 1. The average Bonchev–Trinajstić information content (AvgIpc) is 2.21. The fourth-order valence-electron chi connectivity index (χ4n) is 1.68. The van der Waals surface area contributed by atoms with E-state index < -0.39 is 0 Å². The summed E-state index contributed by atoms with van der Waals surface area (Å²) >= 11 is 0. The Morgan fingerprint density at radius 1 is 1.00 bits per heavy atom. The highest BCUT2D eigenvalue weighted by Gasteiger charge is 2.03. The first-order valence-corrected chi connectivity index (χ1v) is 4.90. The Balaban J connectivity index is 2.10. The van der Waals surface area contributed by atoms with Crippen LogP contribution < -0.4 is 5.32 Å². The molecular weight excluding hydrogens is 158 g/mol. The number of benzene rings is 1. The Labute approximate surface area is 79.5 Å². The van der Waals surface area contributed by atoms with Crippen molar-refractivity contribution in [1.29, 1.82) is 0 Å². The Bertz CT molecular complexity index is 279. The highest BCUT2D eigenvalue weighted by molar-refractivity contribution is 5.52. The van der Waals surface area contributed by atoms with Gasteiger partial charge >= 0.3 is 0 Å². The van der Waals surface area contributed by atoms with Gasteiger partial charge in [0, 0.05) is 0 Å². The van der Waals surface area contributed by atoms with Crippen LogP contribution in [0, 0.1) is 0 Å². The van der Waals surface area contributed by atoms with Gasteiger partial charge in [0.1, 0.15) is 0 Å². The topological polar surface area (TPSA) is 12.0 Å². The molecule has 0 spiro atoms. The molecule has 2 rings (SSSR count). The van der Waals surface area contributed by atoms with E-state index in [0.29, 0.717) is 0 Å². The second kappa shape index (κ2) is 4.24. The first-order chi connectivity index (χ1) is 6.45. The summed E-state index contributed by atoms with van der Waals surface area (Å²) in [5, 5.41) is 3.36. The lowest BCUT2D eigenvalue weighted by molar-refractivity contribution is 0.613. The summed E-state index contributed by atoms with van der Waals surface area (Å²) in [6.07, 6.45) is 4.73. The van der Waals surface area contributed by atoms with Gasteiger partial charge in [0.15, 0.2) is 0 Å². The van der Waals surface area contributed by atoms with Crippen molar-refractivity contribution in [3.8, 4) is 0 Å². The van der Waals surface area contributed by atoms with Crippen molar-refractivity contribution in [2.45, 2.75) is 12.8 Å². The van der Waals surface area contributed by atoms with Gasteiger partial charge < -0.3 is 5.32 Å². The van der Waals surface area contributed by atoms with Crippen LogP contribution in [0.3, 0.4) is 0 Å². The second-order valence-corrected chi connectivity index (χ2v) is 3.46. The summed E-state index contributed by atoms with van der Waals surface area (Å²) in [5.41, 5.74) is 2.91. The maximum atomic E-state index is 3.36. The van der Waals surface area contributed by atoms with E-state index in [9.17, 15) is 0 Å². The maximum Gasteiger partial charge on any atom is -0.00113 e. The van der Waals surface area contributed by atoms with Gasteiger partial charge in [0.05, 0.1) is 0 Å². The molecule has 0 amide bonds. The van der Waals surface area contributed by atoms with E-state index in [1.165, 1.54) is 18.4 Å². The van der Waals surface area contributed by atoms with Crippen molar-refractivity contribution in [3.63, 3.8) is 0 Å². The van der Waals surface area contributed by atoms with Gasteiger partial charge in [0.2, 0.25) is 0 Å². The van der Waals surface area contributed by atoms with Crippen LogP contribution >= 0.6 is 0 Å². The van der Waals surface area contributed by atoms with Crippen LogP contribution in [-0.2, 0) is 0 Å². The molecule has 1 saturated heterocycles. The molecule has 0 saturated carbocycles. The molecule has 0 aliphatic carbocycles. The first-order valence-electron chi connectivity index (χ1n) is 4.90. The van der Waals surface area contributed by atoms with Crippen LogP contribution in [0.5, 0.6) is 0 Å². The van der Waals surface area contributed by atoms with E-state index in [2.05, 4.69) is 41.7 Å². The summed E-state index contributed by atoms with van der Waals surface area (Å²) < 4.78 is 0. The lowest BCUT2D eigenvalue weighted by atomic mass is 10.0. The minimum Gasteiger partial charge on any atom is -0.316 e. The minimum atomic E-state index is 1.14. The zero-order valence-electron chi connectivity index (χ0n) is 7.79. The molecule has 0 bridgehead atoms. The van der Waals surface area contributed by atoms with Crippen LogP contribution in [0.2, 0.25) is 0 Å². The zero-order chi connectivity index (χ0) is 8.93. The van der Waals surface area contributed by atoms with Gasteiger partial charge in [-0.1, -0.05) is 42.0 Å². The number of hydrogen-bond donors (Lipinski definition) is 1. The monoisotopic (exact) mass is 173 g/mol. The second-order valence-electron chi connectivity index (χ2n) is 3.46. The van der Waals surface area contributed by atoms with E-state index in [0.717, 1.165) is 13.1 Å². The first kappa shape index (κ1) is 8.52. The van der Waals surface area contributed by atoms with Crippen molar-refractivity contribution < 1.29 is 0 Å². The SMILES string of the molecule is C(=C1CCNCC1)c1ccccc1. The van der Waals surface area contributed by atoms with Gasteiger partial charge in [-0.3, -0.25) is 0 Å². The van der Waals surface area contributed by atoms with Gasteiger partial charge in [-0.05, 0) is 31.5 Å². The Kier molecular flexibility index (Phi) is 2.78. The molecule has 1 N–H and O–H groups in total. The average molecular weight is 173 g/mol. The molecule has 0 unspecified atom stereocenters. The number of piperidine rings is 1. The highest BCUT2D eigenvalue weighted by atomic mass is 14.9. The van der Waals surface area contributed by atoms with E-state index in [1.54, 1.807) is 5.57 Å². The summed E-state index contributed by atoms with van der Waals surface area (Å²) in [6.45, 7) is 2.28. The largest absolute Gasteiger partial charge is 0.316 e. The van der Waals surface area contributed by atoms with Crippen LogP contribution in [0.25, 0.3) is 6.08 Å². The third kappa shape index (κ3) is 2.43. The van der Waals surface area contributed by atoms with Crippen LogP contribution in [0.1, 0.15) is 18.4 Å². The Morgan fingerprint density at radius 2 is 1.69 bits per heavy atom. The Morgan fingerprint density at radius 3 is 2.38 bits per heavy atom. The molecule has 1 heteroatoms. The quantitative estimate of drug-likeness (QED) is 0.688. The van der Waals surface area contributed by atoms with Crippen LogP contribution in [-0.4, -0.2) is 13.1 Å². The molecule has 1 heterocycles. The van der Waals surface area contributed by atoms with Gasteiger partial charge in [-0.25, -0.2) is 0 Å². The van der Waals surface area contributed by atoms with Crippen molar-refractivity contribution in [3.05, 3.63) is 41.5 Å². The Hall–Kier alpha value is -1.08. The van der Waals surface area contributed by atoms with Crippen molar-refractivity contribution in [1.82, 2.24) is 5.32 Å². The molecule has 1 nitrogen and oxygen atoms in total. The van der Waals surface area contributed by atoms with Crippen molar-refractivity contribution in [2.75, 3.05) is 13.1 Å². The number of hydrogen-bond acceptors (Lipinski definition) is 1. The number of nitrogens with one attached hydrogen (secondary N) is 1. The van der Waals surface area contributed by atoms with E-state index in [4.69, 9.17) is 0 Å². The molecular formula is C12H15N. The van der Waals surface area contributed by atoms with Crippen LogP contribution in [0.15, 0.2) is 35.9 Å². The predicted octanol–water partition coefficient (Wildman–Crippen LogP) is 2.45. The summed E-state index contributed by atoms with van der Waals surface area (Å²) in [6, 6.07) is 10.6. The van der Waals surface area contributed by atoms with Gasteiger partial charge in [0.25, 0.3) is 0 Å². The predicted molar refractivity (Wildman–Crippen MR) is 56.5 cm³/mol. The fraction of sp³-hybridized carbons (Fsp3) is 0.333. The molecule has 1 aliphatic heterocycles. The molecule has 13 heavy (non-hydrogen) atoms. The van der Waals surface area contributed by atoms with Crippen molar-refractivity contribution >= 4 is 6.08 Å². The standard InChI is InChI=1S/C12H15N/c1-2-4-11(5-3-1)10-12-6-8-13-9-7-12/h1-5,10,13H,6-9H2. The molecule has 0 atom stereocenters. The lowest BCUT2D eigenvalue weighted by Crippen LogP contribution is -2.22. The third-order valence-electron chi connectivity index (χ3n) is 2.42. The summed E-state index contributed by atoms with van der Waals surface area (Å²) in [5.74, 6) is 0. The van der Waals surface area contributed by atoms with Crippen molar-refractivity contribution in [2.24, 2.45) is 0 Å². The zero-order valence-corrected chi connectivity index (χ0v) is 7.79. The smallest absolute Gasteiger partial charge is 0.00113 e. The molecule has 0 aromatic heterocycles. The highest BCUT2D eigenvalue weighted by Crippen LogP contribution is 2.14. The molecule has 1 aromatic carbocycles. The minimum absolute atomic E-state index is 1.14. The fourth-order valence-corrected chi connectivity index (χ4v) is 1.68. The van der Waals surface area contributed by atoms with E-state index in [1.807, 2.05) is 0 Å². The van der Waals surface area contributed by atoms with E-state index in [-0.39, 0.29) is 0 Å². The normalized spacial score (nSPS) is 17.1. The van der Waals surface area contributed by atoms with Crippen LogP contribution in [0.4, 0.5) is 0 Å². The third-order valence-corrected chi connectivity index (χ3v) is 2.42. The summed E-state index contributed by atoms with van der Waals surface area (Å²) in [4.78, 5) is 0. The van der Waals surface area contributed by atoms with E-state index >= 15 is 0 Å². The van der Waals surface area contributed by atoms with Gasteiger partial charge in [-0.15, -0.1) is 0 Å². The van der Waals surface area contributed by atoms with Gasteiger partial charge in [-0.2, -0.15) is 0 Å². The molecule has 68 valence electrons. The molecule has 1 fully saturated rings. The molecule has 0 radical (unpaired) electrons. The molecule has 1 aliphatic rings. The maximum absolute atomic E-state index is 3.36. The summed E-state index contributed by atoms with van der Waals surface area (Å²) in [7, 11) is 0.